The highest BCUT2D eigenvalue weighted by molar-refractivity contribution is 8.16. The fourth-order valence-electron chi connectivity index (χ4n) is 3.88. The van der Waals surface area contributed by atoms with Crippen LogP contribution in [0.3, 0.4) is 0 Å². The number of aromatic nitrogens is 1. The summed E-state index contributed by atoms with van der Waals surface area (Å²) in [5.41, 5.74) is 2.27. The second kappa shape index (κ2) is 11.3. The Hall–Kier alpha value is -1.90. The Morgan fingerprint density at radius 3 is 2.50 bits per heavy atom. The second-order valence-electron chi connectivity index (χ2n) is 8.25. The van der Waals surface area contributed by atoms with Gasteiger partial charge >= 0.3 is 0 Å². The Bertz CT molecular complexity index is 863. The van der Waals surface area contributed by atoms with Gasteiger partial charge in [0.1, 0.15) is 11.6 Å². The van der Waals surface area contributed by atoms with E-state index < -0.39 is 0 Å². The Balaban J connectivity index is 1.20. The molecule has 2 aliphatic heterocycles. The van der Waals surface area contributed by atoms with E-state index in [0.29, 0.717) is 11.1 Å². The number of ether oxygens (including phenoxy) is 2. The number of benzene rings is 1. The van der Waals surface area contributed by atoms with Crippen LogP contribution in [0, 0.1) is 0 Å². The molecule has 2 aromatic rings. The average molecular weight is 474 g/mol. The average Bonchev–Trinajstić information content (AvgIpc) is 2.82. The molecule has 0 spiro atoms. The molecule has 172 valence electrons. The smallest absolute Gasteiger partial charge is 0.258 e. The van der Waals surface area contributed by atoms with Crippen LogP contribution >= 0.6 is 23.5 Å². The first-order chi connectivity index (χ1) is 15.6. The van der Waals surface area contributed by atoms with Crippen molar-refractivity contribution in [3.63, 3.8) is 0 Å². The number of nitrogens with one attached hydrogen (secondary N) is 1. The normalized spacial score (nSPS) is 21.9. The molecule has 2 fully saturated rings. The quantitative estimate of drug-likeness (QED) is 0.645. The molecular formula is C24H31N3O3S2. The molecule has 2 atom stereocenters. The summed E-state index contributed by atoms with van der Waals surface area (Å²) in [5, 5.41) is 2.90. The number of carbonyl (C=O) groups is 1. The molecule has 0 bridgehead atoms. The molecule has 6 nitrogen and oxygen atoms in total. The molecule has 1 aromatic carbocycles. The Labute approximate surface area is 198 Å². The van der Waals surface area contributed by atoms with E-state index in [1.54, 1.807) is 0 Å². The van der Waals surface area contributed by atoms with Gasteiger partial charge in [0, 0.05) is 25.8 Å². The van der Waals surface area contributed by atoms with Gasteiger partial charge in [-0.25, -0.2) is 4.98 Å². The molecule has 32 heavy (non-hydrogen) atoms. The highest BCUT2D eigenvalue weighted by atomic mass is 32.2. The third kappa shape index (κ3) is 6.56. The molecule has 0 saturated carbocycles. The fourth-order valence-corrected chi connectivity index (χ4v) is 6.77. The van der Waals surface area contributed by atoms with Crippen LogP contribution in [-0.4, -0.2) is 54.3 Å². The van der Waals surface area contributed by atoms with E-state index in [2.05, 4.69) is 41.2 Å². The first-order valence-electron chi connectivity index (χ1n) is 11.1. The summed E-state index contributed by atoms with van der Waals surface area (Å²) < 4.78 is 12.0. The van der Waals surface area contributed by atoms with Crippen LogP contribution in [0.15, 0.2) is 42.6 Å². The van der Waals surface area contributed by atoms with Crippen molar-refractivity contribution < 1.29 is 14.3 Å². The van der Waals surface area contributed by atoms with Gasteiger partial charge < -0.3 is 19.7 Å². The van der Waals surface area contributed by atoms with E-state index in [9.17, 15) is 4.79 Å². The summed E-state index contributed by atoms with van der Waals surface area (Å²) in [6, 6.07) is 12.1. The number of thioether (sulfide) groups is 2. The number of hydrogen-bond acceptors (Lipinski definition) is 7. The van der Waals surface area contributed by atoms with Crippen molar-refractivity contribution in [3.05, 3.63) is 53.7 Å². The predicted octanol–water partition coefficient (Wildman–Crippen LogP) is 4.26. The Morgan fingerprint density at radius 1 is 1.12 bits per heavy atom. The van der Waals surface area contributed by atoms with E-state index in [0.717, 1.165) is 30.2 Å². The van der Waals surface area contributed by atoms with Crippen molar-refractivity contribution in [3.8, 4) is 5.75 Å². The largest absolute Gasteiger partial charge is 0.484 e. The molecule has 2 unspecified atom stereocenters. The molecule has 4 rings (SSSR count). The number of carbonyl (C=O) groups excluding carboxylic acids is 1. The maximum absolute atomic E-state index is 12.2. The van der Waals surface area contributed by atoms with Crippen molar-refractivity contribution in [1.29, 1.82) is 0 Å². The zero-order valence-electron chi connectivity index (χ0n) is 18.7. The summed E-state index contributed by atoms with van der Waals surface area (Å²) in [5.74, 6) is 3.96. The summed E-state index contributed by atoms with van der Waals surface area (Å²) in [6.45, 7) is 6.27. The second-order valence-corrected chi connectivity index (χ2v) is 11.0. The van der Waals surface area contributed by atoms with Gasteiger partial charge in [0.15, 0.2) is 6.61 Å². The molecule has 1 aromatic heterocycles. The molecule has 0 radical (unpaired) electrons. The van der Waals surface area contributed by atoms with Gasteiger partial charge in [-0.3, -0.25) is 4.79 Å². The number of hydrogen-bond donors (Lipinski definition) is 1. The molecule has 2 aliphatic rings. The van der Waals surface area contributed by atoms with Crippen molar-refractivity contribution in [2.75, 3.05) is 36.1 Å². The number of anilines is 1. The van der Waals surface area contributed by atoms with Gasteiger partial charge in [0.25, 0.3) is 5.91 Å². The van der Waals surface area contributed by atoms with E-state index in [4.69, 9.17) is 9.47 Å². The number of amides is 1. The summed E-state index contributed by atoms with van der Waals surface area (Å²) in [4.78, 5) is 19.0. The standard InChI is InChI=1S/C24H31N3O3S2/c1-17-14-27(15-18(2)30-17)22-9-4-19(12-25-22)13-26-23(28)16-29-21-7-5-20(6-8-21)24-31-10-3-11-32-24/h4-9,12,17-18,24H,3,10-11,13-16H2,1-2H3,(H,26,28). The predicted molar refractivity (Wildman–Crippen MR) is 133 cm³/mol. The molecule has 2 saturated heterocycles. The van der Waals surface area contributed by atoms with Crippen molar-refractivity contribution >= 4 is 35.2 Å². The van der Waals surface area contributed by atoms with Gasteiger partial charge in [0.2, 0.25) is 0 Å². The van der Waals surface area contributed by atoms with Gasteiger partial charge in [-0.2, -0.15) is 0 Å². The van der Waals surface area contributed by atoms with Crippen molar-refractivity contribution in [1.82, 2.24) is 10.3 Å². The van der Waals surface area contributed by atoms with E-state index in [-0.39, 0.29) is 24.7 Å². The van der Waals surface area contributed by atoms with Crippen LogP contribution < -0.4 is 15.0 Å². The summed E-state index contributed by atoms with van der Waals surface area (Å²) in [6.07, 6.45) is 3.50. The highest BCUT2D eigenvalue weighted by Gasteiger charge is 2.23. The molecule has 1 amide bonds. The SMILES string of the molecule is CC1CN(c2ccc(CNC(=O)COc3ccc(C4SCCCS4)cc3)cn2)CC(C)O1. The third-order valence-corrected chi connectivity index (χ3v) is 8.41. The minimum Gasteiger partial charge on any atom is -0.484 e. The maximum Gasteiger partial charge on any atom is 0.258 e. The third-order valence-electron chi connectivity index (χ3n) is 5.39. The monoisotopic (exact) mass is 473 g/mol. The minimum atomic E-state index is -0.146. The van der Waals surface area contributed by atoms with Crippen molar-refractivity contribution in [2.45, 2.75) is 43.6 Å². The molecule has 8 heteroatoms. The Morgan fingerprint density at radius 2 is 1.84 bits per heavy atom. The molecule has 3 heterocycles. The first kappa shape index (κ1) is 23.3. The lowest BCUT2D eigenvalue weighted by Gasteiger charge is -2.36. The minimum absolute atomic E-state index is 0.00133. The van der Waals surface area contributed by atoms with Gasteiger partial charge in [0.05, 0.1) is 16.8 Å². The van der Waals surface area contributed by atoms with Crippen LogP contribution in [0.2, 0.25) is 0 Å². The topological polar surface area (TPSA) is 63.7 Å². The van der Waals surface area contributed by atoms with Gasteiger partial charge in [-0.05, 0) is 61.1 Å². The summed E-state index contributed by atoms with van der Waals surface area (Å²) >= 11 is 4.00. The lowest BCUT2D eigenvalue weighted by atomic mass is 10.2. The van der Waals surface area contributed by atoms with Crippen LogP contribution in [-0.2, 0) is 16.1 Å². The van der Waals surface area contributed by atoms with Crippen LogP contribution in [0.5, 0.6) is 5.75 Å². The van der Waals surface area contributed by atoms with Crippen molar-refractivity contribution in [2.24, 2.45) is 0 Å². The van der Waals surface area contributed by atoms with E-state index >= 15 is 0 Å². The lowest BCUT2D eigenvalue weighted by Crippen LogP contribution is -2.45. The number of morpholine rings is 1. The molecular weight excluding hydrogens is 442 g/mol. The zero-order chi connectivity index (χ0) is 22.3. The number of nitrogens with zero attached hydrogens (tertiary/aromatic N) is 2. The molecule has 0 aliphatic carbocycles. The number of rotatable bonds is 7. The molecule has 1 N–H and O–H groups in total. The first-order valence-corrected chi connectivity index (χ1v) is 13.2. The van der Waals surface area contributed by atoms with Crippen LogP contribution in [0.4, 0.5) is 5.82 Å². The summed E-state index contributed by atoms with van der Waals surface area (Å²) in [7, 11) is 0. The van der Waals surface area contributed by atoms with E-state index in [1.807, 2.05) is 54.0 Å². The Kier molecular flexibility index (Phi) is 8.21. The number of pyridine rings is 1. The highest BCUT2D eigenvalue weighted by Crippen LogP contribution is 2.43. The zero-order valence-corrected chi connectivity index (χ0v) is 20.3. The fraction of sp³-hybridized carbons (Fsp3) is 0.500. The van der Waals surface area contributed by atoms with E-state index in [1.165, 1.54) is 23.5 Å². The lowest BCUT2D eigenvalue weighted by molar-refractivity contribution is -0.123. The van der Waals surface area contributed by atoms with Crippen LogP contribution in [0.25, 0.3) is 0 Å². The van der Waals surface area contributed by atoms with Crippen LogP contribution in [0.1, 0.15) is 36.0 Å². The van der Waals surface area contributed by atoms with Gasteiger partial charge in [-0.1, -0.05) is 18.2 Å². The maximum atomic E-state index is 12.2. The van der Waals surface area contributed by atoms with Gasteiger partial charge in [-0.15, -0.1) is 23.5 Å².